The van der Waals surface area contributed by atoms with E-state index in [2.05, 4.69) is 16.0 Å². The van der Waals surface area contributed by atoms with Gasteiger partial charge in [-0.3, -0.25) is 33.8 Å². The van der Waals surface area contributed by atoms with E-state index in [4.69, 9.17) is 14.6 Å². The molecule has 278 valence electrons. The second kappa shape index (κ2) is 20.3. The van der Waals surface area contributed by atoms with Crippen LogP contribution in [0.4, 0.5) is 13.2 Å². The van der Waals surface area contributed by atoms with Gasteiger partial charge in [-0.05, 0) is 65.0 Å². The number of halogens is 3. The van der Waals surface area contributed by atoms with Crippen LogP contribution in [0, 0.1) is 17.8 Å². The van der Waals surface area contributed by atoms with Gasteiger partial charge in [0.2, 0.25) is 29.5 Å². The van der Waals surface area contributed by atoms with Crippen LogP contribution in [0.2, 0.25) is 0 Å². The quantitative estimate of drug-likeness (QED) is 0.189. The summed E-state index contributed by atoms with van der Waals surface area (Å²) in [4.78, 5) is 76.8. The number of carboxylic acids is 1. The molecular formula is C32H56F3N5O8. The maximum Gasteiger partial charge on any atom is 0.490 e. The van der Waals surface area contributed by atoms with Crippen LogP contribution in [0.5, 0.6) is 0 Å². The lowest BCUT2D eigenvalue weighted by Gasteiger charge is -2.30. The average Bonchev–Trinajstić information content (AvgIpc) is 3.22. The molecular weight excluding hydrogens is 639 g/mol. The number of hydrogen-bond acceptors (Lipinski definition) is 8. The number of hydrogen-bond donors (Lipinski definition) is 4. The molecule has 1 saturated heterocycles. The number of nitrogens with one attached hydrogen (secondary N) is 3. The van der Waals surface area contributed by atoms with Crippen LogP contribution in [-0.4, -0.2) is 114 Å². The summed E-state index contributed by atoms with van der Waals surface area (Å²) in [6.45, 7) is 15.4. The van der Waals surface area contributed by atoms with Crippen molar-refractivity contribution in [3.63, 3.8) is 0 Å². The Morgan fingerprint density at radius 1 is 0.896 bits per heavy atom. The summed E-state index contributed by atoms with van der Waals surface area (Å²) in [7, 11) is 5.19. The van der Waals surface area contributed by atoms with Crippen LogP contribution in [0.1, 0.15) is 87.5 Å². The number of alkyl halides is 3. The van der Waals surface area contributed by atoms with Crippen molar-refractivity contribution in [1.29, 1.82) is 0 Å². The van der Waals surface area contributed by atoms with Gasteiger partial charge in [0.05, 0.1) is 24.6 Å². The number of ether oxygens (including phenoxy) is 1. The van der Waals surface area contributed by atoms with Gasteiger partial charge in [-0.25, -0.2) is 4.79 Å². The minimum Gasteiger partial charge on any atom is -0.475 e. The van der Waals surface area contributed by atoms with Crippen molar-refractivity contribution < 1.29 is 51.8 Å². The van der Waals surface area contributed by atoms with E-state index in [-0.39, 0.29) is 72.4 Å². The van der Waals surface area contributed by atoms with Crippen molar-refractivity contribution in [2.75, 3.05) is 21.2 Å². The first-order chi connectivity index (χ1) is 21.9. The lowest BCUT2D eigenvalue weighted by atomic mass is 9.98. The number of methoxy groups -OCH3 is 1. The SMILES string of the molecule is CO[C@H]1CC(=O)N(C(=O)CC[C@H](C)NC(=O)[C@H](CC(C)C)NC(=O)[C@H](CC(C)C)NC(=O)[C@H](C(C)C)N(C)C)[C@H]1C.O=C(O)C(F)(F)F. The van der Waals surface area contributed by atoms with Crippen molar-refractivity contribution in [2.24, 2.45) is 17.8 Å². The fraction of sp³-hybridized carbons (Fsp3) is 0.812. The summed E-state index contributed by atoms with van der Waals surface area (Å²) in [6.07, 6.45) is -3.93. The number of carbonyl (C=O) groups excluding carboxylic acids is 5. The third-order valence-electron chi connectivity index (χ3n) is 7.72. The molecule has 0 saturated carbocycles. The topological polar surface area (TPSA) is 174 Å². The zero-order valence-corrected chi connectivity index (χ0v) is 30.1. The van der Waals surface area contributed by atoms with Crippen LogP contribution in [0.25, 0.3) is 0 Å². The molecule has 0 spiro atoms. The molecule has 0 unspecified atom stereocenters. The van der Waals surface area contributed by atoms with Crippen molar-refractivity contribution in [3.8, 4) is 0 Å². The monoisotopic (exact) mass is 695 g/mol. The lowest BCUT2D eigenvalue weighted by molar-refractivity contribution is -0.192. The molecule has 0 aromatic heterocycles. The summed E-state index contributed by atoms with van der Waals surface area (Å²) >= 11 is 0. The van der Waals surface area contributed by atoms with E-state index in [1.165, 1.54) is 12.0 Å². The molecule has 0 aromatic rings. The molecule has 6 atom stereocenters. The highest BCUT2D eigenvalue weighted by Gasteiger charge is 2.41. The number of aliphatic carboxylic acids is 1. The van der Waals surface area contributed by atoms with Gasteiger partial charge in [0.1, 0.15) is 12.1 Å². The Labute approximate surface area is 282 Å². The first-order valence-electron chi connectivity index (χ1n) is 16.2. The standard InChI is InChI=1S/C30H55N5O6.C2HF3O2/c1-17(2)14-22(32-29(39)23(15-18(3)4)33-30(40)27(19(5)6)34(9)10)28(38)31-20(7)12-13-25(36)35-21(8)24(41-11)16-26(35)37;3-2(4,5)1(6)7/h17-24,27H,12-16H2,1-11H3,(H,31,38)(H,32,39)(H,33,40);(H,6,7)/t20-,21-,22-,23-,24-,27-;/m0./s1. The van der Waals surface area contributed by atoms with Gasteiger partial charge in [-0.15, -0.1) is 0 Å². The first kappa shape index (κ1) is 44.7. The minimum atomic E-state index is -5.08. The Balaban J connectivity index is 0.00000282. The van der Waals surface area contributed by atoms with Crippen LogP contribution < -0.4 is 16.0 Å². The normalized spacial score (nSPS) is 19.0. The number of nitrogens with zero attached hydrogens (tertiary/aromatic N) is 2. The summed E-state index contributed by atoms with van der Waals surface area (Å²) in [6, 6.07) is -2.66. The van der Waals surface area contributed by atoms with Crippen molar-refractivity contribution in [3.05, 3.63) is 0 Å². The summed E-state index contributed by atoms with van der Waals surface area (Å²) in [5, 5.41) is 15.8. The van der Waals surface area contributed by atoms with Gasteiger partial charge in [-0.2, -0.15) is 13.2 Å². The number of rotatable bonds is 16. The van der Waals surface area contributed by atoms with E-state index < -0.39 is 36.2 Å². The fourth-order valence-electron chi connectivity index (χ4n) is 5.43. The molecule has 1 aliphatic rings. The molecule has 0 aromatic carbocycles. The maximum absolute atomic E-state index is 13.4. The highest BCUT2D eigenvalue weighted by Crippen LogP contribution is 2.23. The van der Waals surface area contributed by atoms with Gasteiger partial charge in [0.15, 0.2) is 0 Å². The van der Waals surface area contributed by atoms with Crippen molar-refractivity contribution in [2.45, 2.75) is 130 Å². The van der Waals surface area contributed by atoms with Crippen LogP contribution >= 0.6 is 0 Å². The molecule has 0 radical (unpaired) electrons. The number of amides is 5. The number of likely N-dealkylation sites (tertiary alicyclic amines) is 1. The van der Waals surface area contributed by atoms with E-state index in [0.717, 1.165) is 0 Å². The second-order valence-corrected chi connectivity index (χ2v) is 13.7. The van der Waals surface area contributed by atoms with Gasteiger partial charge < -0.3 is 25.8 Å². The number of imide groups is 1. The average molecular weight is 696 g/mol. The number of carboxylic acid groups (broad SMARTS) is 1. The van der Waals surface area contributed by atoms with Gasteiger partial charge >= 0.3 is 12.1 Å². The largest absolute Gasteiger partial charge is 0.490 e. The van der Waals surface area contributed by atoms with Crippen LogP contribution in [0.3, 0.4) is 0 Å². The maximum atomic E-state index is 13.4. The molecule has 1 fully saturated rings. The third kappa shape index (κ3) is 15.3. The Morgan fingerprint density at radius 3 is 1.69 bits per heavy atom. The minimum absolute atomic E-state index is 0.0498. The number of carbonyl (C=O) groups is 6. The van der Waals surface area contributed by atoms with E-state index in [9.17, 15) is 37.1 Å². The lowest BCUT2D eigenvalue weighted by Crippen LogP contribution is -2.57. The second-order valence-electron chi connectivity index (χ2n) is 13.7. The molecule has 16 heteroatoms. The molecule has 4 N–H and O–H groups in total. The molecule has 1 aliphatic heterocycles. The Kier molecular flexibility index (Phi) is 18.9. The Bertz CT molecular complexity index is 1090. The van der Waals surface area contributed by atoms with Crippen molar-refractivity contribution in [1.82, 2.24) is 25.8 Å². The van der Waals surface area contributed by atoms with Crippen LogP contribution in [-0.2, 0) is 33.5 Å². The molecule has 0 aliphatic carbocycles. The smallest absolute Gasteiger partial charge is 0.475 e. The molecule has 0 bridgehead atoms. The first-order valence-corrected chi connectivity index (χ1v) is 16.2. The van der Waals surface area contributed by atoms with E-state index in [1.807, 2.05) is 60.5 Å². The van der Waals surface area contributed by atoms with E-state index in [1.54, 1.807) is 13.8 Å². The summed E-state index contributed by atoms with van der Waals surface area (Å²) in [5.41, 5.74) is 0. The molecule has 1 rings (SSSR count). The third-order valence-corrected chi connectivity index (χ3v) is 7.72. The van der Waals surface area contributed by atoms with Gasteiger partial charge in [-0.1, -0.05) is 41.5 Å². The fourth-order valence-corrected chi connectivity index (χ4v) is 5.43. The Morgan fingerprint density at radius 2 is 1.33 bits per heavy atom. The van der Waals surface area contributed by atoms with E-state index >= 15 is 0 Å². The highest BCUT2D eigenvalue weighted by atomic mass is 19.4. The molecule has 5 amide bonds. The van der Waals surface area contributed by atoms with Crippen molar-refractivity contribution >= 4 is 35.5 Å². The molecule has 1 heterocycles. The van der Waals surface area contributed by atoms with Crippen LogP contribution in [0.15, 0.2) is 0 Å². The predicted molar refractivity (Wildman–Crippen MR) is 172 cm³/mol. The summed E-state index contributed by atoms with van der Waals surface area (Å²) in [5.74, 6) is -3.96. The Hall–Kier alpha value is -3.27. The van der Waals surface area contributed by atoms with Gasteiger partial charge in [0.25, 0.3) is 0 Å². The highest BCUT2D eigenvalue weighted by molar-refractivity contribution is 5.98. The zero-order chi connectivity index (χ0) is 37.7. The van der Waals surface area contributed by atoms with Gasteiger partial charge in [0, 0.05) is 19.6 Å². The summed E-state index contributed by atoms with van der Waals surface area (Å²) < 4.78 is 37.0. The predicted octanol–water partition coefficient (Wildman–Crippen LogP) is 2.72. The van der Waals surface area contributed by atoms with E-state index in [0.29, 0.717) is 19.3 Å². The molecule has 48 heavy (non-hydrogen) atoms. The zero-order valence-electron chi connectivity index (χ0n) is 30.1. The number of likely N-dealkylation sites (N-methyl/N-ethyl adjacent to an activating group) is 1. The molecule has 13 nitrogen and oxygen atoms in total.